The molecule has 4 nitrogen and oxygen atoms in total. The second-order valence-electron chi connectivity index (χ2n) is 3.24. The topological polar surface area (TPSA) is 54.5 Å². The molecule has 0 aromatic carbocycles. The Bertz CT molecular complexity index is 276. The van der Waals surface area contributed by atoms with Crippen LogP contribution in [0.1, 0.15) is 12.8 Å². The maximum atomic E-state index is 11.3. The van der Waals surface area contributed by atoms with E-state index < -0.39 is 9.84 Å². The van der Waals surface area contributed by atoms with Gasteiger partial charge in [-0.05, 0) is 6.42 Å². The van der Waals surface area contributed by atoms with E-state index in [1.54, 1.807) is 7.05 Å². The lowest BCUT2D eigenvalue weighted by molar-refractivity contribution is -0.129. The molecule has 14 heavy (non-hydrogen) atoms. The van der Waals surface area contributed by atoms with E-state index in [0.29, 0.717) is 18.7 Å². The summed E-state index contributed by atoms with van der Waals surface area (Å²) in [6.45, 7) is 0.250. The fourth-order valence-electron chi connectivity index (χ4n) is 0.836. The van der Waals surface area contributed by atoms with Gasteiger partial charge in [-0.15, -0.1) is 11.6 Å². The van der Waals surface area contributed by atoms with Gasteiger partial charge in [-0.3, -0.25) is 4.79 Å². The minimum Gasteiger partial charge on any atom is -0.345 e. The molecule has 0 unspecified atom stereocenters. The summed E-state index contributed by atoms with van der Waals surface area (Å²) in [5, 5.41) is 0. The monoisotopic (exact) mass is 241 g/mol. The Morgan fingerprint density at radius 3 is 2.43 bits per heavy atom. The predicted molar refractivity (Wildman–Crippen MR) is 57.3 cm³/mol. The van der Waals surface area contributed by atoms with Gasteiger partial charge in [-0.25, -0.2) is 8.42 Å². The van der Waals surface area contributed by atoms with E-state index in [1.165, 1.54) is 4.90 Å². The fraction of sp³-hybridized carbons (Fsp3) is 0.875. The molecule has 0 heterocycles. The van der Waals surface area contributed by atoms with Gasteiger partial charge < -0.3 is 4.90 Å². The van der Waals surface area contributed by atoms with E-state index in [-0.39, 0.29) is 18.2 Å². The molecule has 0 aliphatic carbocycles. The summed E-state index contributed by atoms with van der Waals surface area (Å²) < 4.78 is 21.6. The Balaban J connectivity index is 3.84. The molecule has 84 valence electrons. The molecule has 0 spiro atoms. The quantitative estimate of drug-likeness (QED) is 0.637. The van der Waals surface area contributed by atoms with Crippen LogP contribution in [0.15, 0.2) is 0 Å². The van der Waals surface area contributed by atoms with Gasteiger partial charge in [-0.2, -0.15) is 0 Å². The van der Waals surface area contributed by atoms with E-state index in [1.807, 2.05) is 0 Å². The number of rotatable bonds is 6. The SMILES string of the molecule is CN(CCS(C)(=O)=O)C(=O)CCCCl. The molecule has 0 fully saturated rings. The Hall–Kier alpha value is -0.290. The molecule has 0 N–H and O–H groups in total. The number of hydrogen-bond acceptors (Lipinski definition) is 3. The Morgan fingerprint density at radius 1 is 1.43 bits per heavy atom. The van der Waals surface area contributed by atoms with Crippen LogP contribution in [0.5, 0.6) is 0 Å². The summed E-state index contributed by atoms with van der Waals surface area (Å²) in [5.74, 6) is 0.399. The lowest BCUT2D eigenvalue weighted by Gasteiger charge is -2.15. The van der Waals surface area contributed by atoms with Crippen molar-refractivity contribution in [3.63, 3.8) is 0 Å². The van der Waals surface area contributed by atoms with Crippen molar-refractivity contribution in [2.24, 2.45) is 0 Å². The minimum absolute atomic E-state index is 0.0100. The average molecular weight is 242 g/mol. The first-order valence-corrected chi connectivity index (χ1v) is 6.94. The molecule has 0 atom stereocenters. The number of amides is 1. The number of halogens is 1. The van der Waals surface area contributed by atoms with Crippen molar-refractivity contribution in [1.29, 1.82) is 0 Å². The van der Waals surface area contributed by atoms with Gasteiger partial charge in [0.1, 0.15) is 9.84 Å². The number of carbonyl (C=O) groups excluding carboxylic acids is 1. The summed E-state index contributed by atoms with van der Waals surface area (Å²) in [4.78, 5) is 12.7. The average Bonchev–Trinajstić information content (AvgIpc) is 2.09. The smallest absolute Gasteiger partial charge is 0.222 e. The zero-order chi connectivity index (χ0) is 11.2. The van der Waals surface area contributed by atoms with E-state index in [9.17, 15) is 13.2 Å². The number of nitrogens with zero attached hydrogens (tertiary/aromatic N) is 1. The second kappa shape index (κ2) is 6.24. The van der Waals surface area contributed by atoms with Crippen LogP contribution in [0.25, 0.3) is 0 Å². The predicted octanol–water partition coefficient (Wildman–Crippen LogP) is 0.508. The van der Waals surface area contributed by atoms with Crippen LogP contribution in [0.3, 0.4) is 0 Å². The molecule has 0 aromatic rings. The van der Waals surface area contributed by atoms with Gasteiger partial charge in [-0.1, -0.05) is 0 Å². The first-order valence-electron chi connectivity index (χ1n) is 4.34. The molecular formula is C8H16ClNO3S. The van der Waals surface area contributed by atoms with Crippen molar-refractivity contribution >= 4 is 27.3 Å². The second-order valence-corrected chi connectivity index (χ2v) is 5.88. The summed E-state index contributed by atoms with van der Waals surface area (Å²) >= 11 is 5.43. The molecule has 1 amide bonds. The van der Waals surface area contributed by atoms with E-state index in [0.717, 1.165) is 6.26 Å². The first-order chi connectivity index (χ1) is 6.37. The number of hydrogen-bond donors (Lipinski definition) is 0. The maximum absolute atomic E-state index is 11.3. The maximum Gasteiger partial charge on any atom is 0.222 e. The highest BCUT2D eigenvalue weighted by Crippen LogP contribution is 1.97. The minimum atomic E-state index is -2.99. The summed E-state index contributed by atoms with van der Waals surface area (Å²) in [6.07, 6.45) is 2.16. The van der Waals surface area contributed by atoms with Gasteiger partial charge in [0.15, 0.2) is 0 Å². The van der Waals surface area contributed by atoms with Crippen LogP contribution >= 0.6 is 11.6 Å². The van der Waals surface area contributed by atoms with Gasteiger partial charge in [0.2, 0.25) is 5.91 Å². The molecular weight excluding hydrogens is 226 g/mol. The molecule has 6 heteroatoms. The highest BCUT2D eigenvalue weighted by Gasteiger charge is 2.10. The van der Waals surface area contributed by atoms with Crippen LogP contribution < -0.4 is 0 Å². The highest BCUT2D eigenvalue weighted by molar-refractivity contribution is 7.90. The van der Waals surface area contributed by atoms with Crippen LogP contribution in [-0.2, 0) is 14.6 Å². The van der Waals surface area contributed by atoms with Crippen LogP contribution in [0.4, 0.5) is 0 Å². The third-order valence-electron chi connectivity index (χ3n) is 1.75. The highest BCUT2D eigenvalue weighted by atomic mass is 35.5. The van der Waals surface area contributed by atoms with Crippen molar-refractivity contribution in [2.45, 2.75) is 12.8 Å². The Kier molecular flexibility index (Phi) is 6.11. The Labute approximate surface area is 90.1 Å². The molecule has 0 radical (unpaired) electrons. The lowest BCUT2D eigenvalue weighted by atomic mass is 10.3. The number of alkyl halides is 1. The third-order valence-corrected chi connectivity index (χ3v) is 2.94. The number of sulfone groups is 1. The standard InChI is InChI=1S/C8H16ClNO3S/c1-10(6-7-14(2,12)13)8(11)4-3-5-9/h3-7H2,1-2H3. The molecule has 0 aliphatic heterocycles. The zero-order valence-corrected chi connectivity index (χ0v) is 10.1. The normalized spacial score (nSPS) is 11.4. The van der Waals surface area contributed by atoms with Gasteiger partial charge >= 0.3 is 0 Å². The molecule has 0 rings (SSSR count). The molecule has 0 aromatic heterocycles. The summed E-state index contributed by atoms with van der Waals surface area (Å²) in [6, 6.07) is 0. The van der Waals surface area contributed by atoms with Crippen LogP contribution in [-0.4, -0.2) is 50.7 Å². The van der Waals surface area contributed by atoms with Crippen molar-refractivity contribution in [3.8, 4) is 0 Å². The number of carbonyl (C=O) groups is 1. The van der Waals surface area contributed by atoms with E-state index in [4.69, 9.17) is 11.6 Å². The molecule has 0 saturated carbocycles. The first kappa shape index (κ1) is 13.7. The van der Waals surface area contributed by atoms with Crippen LogP contribution in [0.2, 0.25) is 0 Å². The van der Waals surface area contributed by atoms with Gasteiger partial charge in [0.05, 0.1) is 5.75 Å². The van der Waals surface area contributed by atoms with E-state index >= 15 is 0 Å². The molecule has 0 saturated heterocycles. The Morgan fingerprint density at radius 2 is 2.00 bits per heavy atom. The largest absolute Gasteiger partial charge is 0.345 e. The third kappa shape index (κ3) is 7.15. The fourth-order valence-corrected chi connectivity index (χ4v) is 1.58. The van der Waals surface area contributed by atoms with Gasteiger partial charge in [0.25, 0.3) is 0 Å². The van der Waals surface area contributed by atoms with E-state index in [2.05, 4.69) is 0 Å². The van der Waals surface area contributed by atoms with Crippen molar-refractivity contribution in [2.75, 3.05) is 31.5 Å². The van der Waals surface area contributed by atoms with Crippen molar-refractivity contribution in [1.82, 2.24) is 4.90 Å². The zero-order valence-electron chi connectivity index (χ0n) is 8.49. The van der Waals surface area contributed by atoms with Gasteiger partial charge in [0, 0.05) is 32.1 Å². The summed E-state index contributed by atoms with van der Waals surface area (Å²) in [5.41, 5.74) is 0. The summed E-state index contributed by atoms with van der Waals surface area (Å²) in [7, 11) is -1.39. The van der Waals surface area contributed by atoms with Crippen molar-refractivity contribution in [3.05, 3.63) is 0 Å². The molecule has 0 bridgehead atoms. The molecule has 0 aliphatic rings. The van der Waals surface area contributed by atoms with Crippen molar-refractivity contribution < 1.29 is 13.2 Å². The van der Waals surface area contributed by atoms with Crippen LogP contribution in [0, 0.1) is 0 Å². The lowest BCUT2D eigenvalue weighted by Crippen LogP contribution is -2.31.